The van der Waals surface area contributed by atoms with Gasteiger partial charge in [-0.1, -0.05) is 0 Å². The smallest absolute Gasteiger partial charge is 0.323 e. The summed E-state index contributed by atoms with van der Waals surface area (Å²) in [7, 11) is -4.69. The number of thioether (sulfide) groups is 1. The van der Waals surface area contributed by atoms with Gasteiger partial charge in [-0.15, -0.1) is 0 Å². The highest BCUT2D eigenvalue weighted by atomic mass is 32.2. The highest BCUT2D eigenvalue weighted by Gasteiger charge is 2.47. The van der Waals surface area contributed by atoms with Crippen molar-refractivity contribution in [1.82, 2.24) is 14.5 Å². The summed E-state index contributed by atoms with van der Waals surface area (Å²) >= 11 is 1.68. The van der Waals surface area contributed by atoms with Crippen LogP contribution < -0.4 is 21.8 Å². The van der Waals surface area contributed by atoms with Gasteiger partial charge in [0.1, 0.15) is 6.29 Å². The molecular weight excluding hydrogens is 387 g/mol. The van der Waals surface area contributed by atoms with Crippen molar-refractivity contribution in [3.8, 4) is 0 Å². The summed E-state index contributed by atoms with van der Waals surface area (Å²) in [6.07, 6.45) is 1.61. The molecule has 11 nitrogen and oxygen atoms in total. The number of hydrogen-bond donors (Lipinski definition) is 3. The van der Waals surface area contributed by atoms with E-state index in [9.17, 15) is 34.1 Å². The Morgan fingerprint density at radius 3 is 2.58 bits per heavy atom. The molecule has 0 spiro atoms. The van der Waals surface area contributed by atoms with Gasteiger partial charge in [0.25, 0.3) is 0 Å². The van der Waals surface area contributed by atoms with E-state index >= 15 is 0 Å². The predicted molar refractivity (Wildman–Crippen MR) is 94.8 cm³/mol. The van der Waals surface area contributed by atoms with Crippen LogP contribution in [0.15, 0.2) is 9.59 Å². The van der Waals surface area contributed by atoms with Crippen molar-refractivity contribution in [1.29, 1.82) is 0 Å². The molecule has 1 fully saturated rings. The number of nitrogens with zero attached hydrogens (tertiary/aromatic N) is 3. The van der Waals surface area contributed by atoms with E-state index in [4.69, 9.17) is 0 Å². The van der Waals surface area contributed by atoms with Crippen LogP contribution in [0.5, 0.6) is 0 Å². The molecule has 0 radical (unpaired) electrons. The molecule has 1 aromatic rings. The lowest BCUT2D eigenvalue weighted by Crippen LogP contribution is -2.62. The van der Waals surface area contributed by atoms with Crippen LogP contribution in [0.2, 0.25) is 0 Å². The molecule has 3 rings (SSSR count). The van der Waals surface area contributed by atoms with Crippen molar-refractivity contribution in [3.05, 3.63) is 41.5 Å². The van der Waals surface area contributed by atoms with Gasteiger partial charge in [0.2, 0.25) is 0 Å². The normalized spacial score (nSPS) is 23.6. The monoisotopic (exact) mass is 404 g/mol. The van der Waals surface area contributed by atoms with Crippen molar-refractivity contribution < 1.29 is 19.3 Å². The molecule has 2 heterocycles. The minimum absolute atomic E-state index is 0.0261. The maximum Gasteiger partial charge on any atom is 0.345 e. The molecule has 0 saturated carbocycles. The van der Waals surface area contributed by atoms with Crippen molar-refractivity contribution in [2.45, 2.75) is 18.4 Å². The van der Waals surface area contributed by atoms with Gasteiger partial charge in [-0.2, -0.15) is 11.8 Å². The Morgan fingerprint density at radius 2 is 2.00 bits per heavy atom. The minimum Gasteiger partial charge on any atom is -0.323 e. The van der Waals surface area contributed by atoms with Crippen LogP contribution >= 0.6 is 19.4 Å². The van der Waals surface area contributed by atoms with Crippen LogP contribution in [0.1, 0.15) is 6.42 Å². The zero-order valence-electron chi connectivity index (χ0n) is 13.5. The Bertz CT molecular complexity index is 1020. The molecule has 1 atom stereocenters. The molecular formula is C13H17N4O7PS. The van der Waals surface area contributed by atoms with Crippen LogP contribution in [-0.2, 0) is 10.9 Å². The highest BCUT2D eigenvalue weighted by Crippen LogP contribution is 2.35. The number of fused-ring (bicyclic) bond motifs is 1. The third-order valence-corrected chi connectivity index (χ3v) is 6.02. The quantitative estimate of drug-likeness (QED) is 0.216. The Balaban J connectivity index is 2.28. The average molecular weight is 404 g/mol. The average Bonchev–Trinajstić information content (AvgIpc) is 2.58. The zero-order valence-corrected chi connectivity index (χ0v) is 15.2. The van der Waals surface area contributed by atoms with E-state index in [1.807, 2.05) is 0 Å². The lowest BCUT2D eigenvalue weighted by molar-refractivity contribution is -0.578. The number of aromatic amines is 1. The molecule has 0 aromatic carbocycles. The van der Waals surface area contributed by atoms with Gasteiger partial charge in [0.15, 0.2) is 0 Å². The van der Waals surface area contributed by atoms with Gasteiger partial charge in [0.05, 0.1) is 17.1 Å². The Labute approximate surface area is 150 Å². The van der Waals surface area contributed by atoms with Crippen LogP contribution in [0.4, 0.5) is 0 Å². The van der Waals surface area contributed by atoms with E-state index in [1.54, 1.807) is 16.7 Å². The lowest BCUT2D eigenvalue weighted by Gasteiger charge is -2.37. The fourth-order valence-corrected chi connectivity index (χ4v) is 4.75. The van der Waals surface area contributed by atoms with Gasteiger partial charge >= 0.3 is 24.4 Å². The first-order valence-electron chi connectivity index (χ1n) is 7.72. The molecule has 1 aliphatic carbocycles. The van der Waals surface area contributed by atoms with Gasteiger partial charge in [0, 0.05) is 35.6 Å². The van der Waals surface area contributed by atoms with E-state index in [0.29, 0.717) is 17.7 Å². The van der Waals surface area contributed by atoms with Crippen molar-refractivity contribution >= 4 is 31.5 Å². The van der Waals surface area contributed by atoms with Gasteiger partial charge in [-0.3, -0.25) is 28.8 Å². The first-order valence-corrected chi connectivity index (χ1v) is 10.7. The number of nitro groups is 1. The molecule has 3 N–H and O–H groups in total. The van der Waals surface area contributed by atoms with Gasteiger partial charge < -0.3 is 14.8 Å². The van der Waals surface area contributed by atoms with Crippen LogP contribution in [-0.4, -0.2) is 59.4 Å². The lowest BCUT2D eigenvalue weighted by atomic mass is 9.99. The summed E-state index contributed by atoms with van der Waals surface area (Å²) in [6.45, 7) is 0.939. The number of aromatic nitrogens is 2. The first-order chi connectivity index (χ1) is 12.1. The van der Waals surface area contributed by atoms with E-state index in [2.05, 4.69) is 4.98 Å². The first kappa shape index (κ1) is 19.1. The van der Waals surface area contributed by atoms with Crippen LogP contribution in [0, 0.1) is 10.1 Å². The fourth-order valence-electron chi connectivity index (χ4n) is 3.20. The molecule has 2 aliphatic rings. The summed E-state index contributed by atoms with van der Waals surface area (Å²) < 4.78 is 12.0. The van der Waals surface area contributed by atoms with E-state index in [0.717, 1.165) is 11.5 Å². The molecule has 1 aliphatic heterocycles. The largest absolute Gasteiger partial charge is 0.345 e. The molecule has 0 bridgehead atoms. The Kier molecular flexibility index (Phi) is 4.97. The van der Waals surface area contributed by atoms with Crippen molar-refractivity contribution in [2.24, 2.45) is 0 Å². The SMILES string of the molecule is O=c1[nH]c2c(n(CP(=O)(O)O)c1=O)=CC(N1CCSCC1)([N+](=O)[O-])CC=2. The second-order valence-corrected chi connectivity index (χ2v) is 8.92. The summed E-state index contributed by atoms with van der Waals surface area (Å²) in [5.74, 6) is 1.44. The van der Waals surface area contributed by atoms with Crippen LogP contribution in [0.25, 0.3) is 12.2 Å². The maximum absolute atomic E-state index is 12.1. The molecule has 142 valence electrons. The standard InChI is InChI=1S/C13H17N4O7PS/c18-11-12(19)16(8-25(22,23)24)10-7-13(17(20)21,2-1-9(10)14-11)15-3-5-26-6-4-15/h1,7H,2-6,8H2,(H,14,18)(H2,22,23,24). The maximum atomic E-state index is 12.1. The second kappa shape index (κ2) is 6.78. The van der Waals surface area contributed by atoms with Crippen LogP contribution in [0.3, 0.4) is 0 Å². The molecule has 0 amide bonds. The van der Waals surface area contributed by atoms with Gasteiger partial charge in [-0.25, -0.2) is 4.90 Å². The van der Waals surface area contributed by atoms with E-state index in [1.165, 1.54) is 12.2 Å². The topological polar surface area (TPSA) is 159 Å². The predicted octanol–water partition coefficient (Wildman–Crippen LogP) is -2.34. The number of hydrogen-bond acceptors (Lipinski definition) is 7. The molecule has 1 aromatic heterocycles. The zero-order chi connectivity index (χ0) is 19.1. The summed E-state index contributed by atoms with van der Waals surface area (Å²) in [5, 5.41) is 12.0. The molecule has 26 heavy (non-hydrogen) atoms. The van der Waals surface area contributed by atoms with Crippen molar-refractivity contribution in [2.75, 3.05) is 24.6 Å². The highest BCUT2D eigenvalue weighted by molar-refractivity contribution is 7.99. The van der Waals surface area contributed by atoms with Crippen molar-refractivity contribution in [3.63, 3.8) is 0 Å². The molecule has 13 heteroatoms. The number of nitrogens with one attached hydrogen (secondary N) is 1. The minimum atomic E-state index is -4.69. The van der Waals surface area contributed by atoms with Gasteiger partial charge in [-0.05, 0) is 6.08 Å². The number of H-pyrrole nitrogens is 1. The molecule has 1 unspecified atom stereocenters. The second-order valence-electron chi connectivity index (χ2n) is 6.08. The number of rotatable bonds is 4. The Morgan fingerprint density at radius 1 is 1.35 bits per heavy atom. The molecule has 1 saturated heterocycles. The fraction of sp³-hybridized carbons (Fsp3) is 0.538. The third-order valence-electron chi connectivity index (χ3n) is 4.43. The summed E-state index contributed by atoms with van der Waals surface area (Å²) in [6, 6.07) is 0. The van der Waals surface area contributed by atoms with E-state index < -0.39 is 35.6 Å². The third kappa shape index (κ3) is 3.42. The Hall–Kier alpha value is -1.72. The van der Waals surface area contributed by atoms with E-state index in [-0.39, 0.29) is 17.1 Å². The summed E-state index contributed by atoms with van der Waals surface area (Å²) in [4.78, 5) is 57.9. The summed E-state index contributed by atoms with van der Waals surface area (Å²) in [5.41, 5.74) is -3.83.